The normalized spacial score (nSPS) is 8.60. The van der Waals surface area contributed by atoms with Crippen molar-refractivity contribution >= 4 is 24.0 Å². The van der Waals surface area contributed by atoms with Crippen LogP contribution in [0.5, 0.6) is 0 Å². The van der Waals surface area contributed by atoms with Crippen molar-refractivity contribution in [1.82, 2.24) is 4.98 Å². The van der Waals surface area contributed by atoms with Crippen LogP contribution >= 0.6 is 24.0 Å². The molecule has 0 aliphatic heterocycles. The number of hydrogen-bond acceptors (Lipinski definition) is 1. The average Bonchev–Trinajstić information content (AvgIpc) is 1.90. The fourth-order valence-electron chi connectivity index (χ4n) is 0.616. The Labute approximate surface area is 71.8 Å². The number of halogens is 2. The molecule has 0 radical (unpaired) electrons. The van der Waals surface area contributed by atoms with Crippen LogP contribution in [0.15, 0.2) is 18.3 Å². The van der Waals surface area contributed by atoms with Crippen LogP contribution in [0.25, 0.3) is 0 Å². The topological polar surface area (TPSA) is 12.9 Å². The molecule has 1 aromatic heterocycles. The molecule has 1 heterocycles. The van der Waals surface area contributed by atoms with E-state index in [0.29, 0.717) is 5.15 Å². The molecule has 10 heavy (non-hydrogen) atoms. The fourth-order valence-corrected chi connectivity index (χ4v) is 0.727. The zero-order chi connectivity index (χ0) is 6.69. The summed E-state index contributed by atoms with van der Waals surface area (Å²) in [7, 11) is 0. The van der Waals surface area contributed by atoms with Gasteiger partial charge < -0.3 is 0 Å². The van der Waals surface area contributed by atoms with E-state index >= 15 is 0 Å². The molecule has 0 saturated carbocycles. The first-order valence-electron chi connectivity index (χ1n) is 2.93. The predicted octanol–water partition coefficient (Wildman–Crippen LogP) is 2.72. The van der Waals surface area contributed by atoms with E-state index in [1.165, 1.54) is 5.56 Å². The van der Waals surface area contributed by atoms with Gasteiger partial charge in [0, 0.05) is 6.20 Å². The van der Waals surface area contributed by atoms with Gasteiger partial charge in [-0.15, -0.1) is 12.4 Å². The summed E-state index contributed by atoms with van der Waals surface area (Å²) < 4.78 is 0. The highest BCUT2D eigenvalue weighted by Crippen LogP contribution is 2.04. The van der Waals surface area contributed by atoms with E-state index in [2.05, 4.69) is 11.9 Å². The maximum Gasteiger partial charge on any atom is 0.129 e. The lowest BCUT2D eigenvalue weighted by atomic mass is 10.2. The highest BCUT2D eigenvalue weighted by molar-refractivity contribution is 6.29. The third-order valence-corrected chi connectivity index (χ3v) is 1.42. The van der Waals surface area contributed by atoms with E-state index in [4.69, 9.17) is 11.6 Å². The Morgan fingerprint density at radius 3 is 2.60 bits per heavy atom. The first-order valence-corrected chi connectivity index (χ1v) is 3.31. The SMILES string of the molecule is CCc1ccc(Cl)nc1.Cl. The molecule has 0 unspecified atom stereocenters. The minimum Gasteiger partial charge on any atom is -0.244 e. The summed E-state index contributed by atoms with van der Waals surface area (Å²) in [6.45, 7) is 2.09. The van der Waals surface area contributed by atoms with E-state index < -0.39 is 0 Å². The van der Waals surface area contributed by atoms with Crippen molar-refractivity contribution in [3.63, 3.8) is 0 Å². The van der Waals surface area contributed by atoms with Crippen LogP contribution in [0.2, 0.25) is 5.15 Å². The average molecular weight is 178 g/mol. The van der Waals surface area contributed by atoms with Crippen molar-refractivity contribution in [1.29, 1.82) is 0 Å². The number of aryl methyl sites for hydroxylation is 1. The molecule has 1 rings (SSSR count). The van der Waals surface area contributed by atoms with Gasteiger partial charge in [0.2, 0.25) is 0 Å². The zero-order valence-electron chi connectivity index (χ0n) is 5.67. The summed E-state index contributed by atoms with van der Waals surface area (Å²) in [5.41, 5.74) is 1.22. The summed E-state index contributed by atoms with van der Waals surface area (Å²) in [4.78, 5) is 3.92. The van der Waals surface area contributed by atoms with Crippen LogP contribution in [-0.2, 0) is 6.42 Å². The van der Waals surface area contributed by atoms with Gasteiger partial charge in [0.15, 0.2) is 0 Å². The van der Waals surface area contributed by atoms with Gasteiger partial charge in [0.25, 0.3) is 0 Å². The fraction of sp³-hybridized carbons (Fsp3) is 0.286. The van der Waals surface area contributed by atoms with Crippen LogP contribution in [0.1, 0.15) is 12.5 Å². The summed E-state index contributed by atoms with van der Waals surface area (Å²) in [6.07, 6.45) is 2.81. The smallest absolute Gasteiger partial charge is 0.129 e. The van der Waals surface area contributed by atoms with E-state index in [0.717, 1.165) is 6.42 Å². The maximum absolute atomic E-state index is 5.56. The number of pyridine rings is 1. The molecule has 0 aromatic carbocycles. The molecule has 3 heteroatoms. The zero-order valence-corrected chi connectivity index (χ0v) is 7.25. The Kier molecular flexibility index (Phi) is 4.41. The van der Waals surface area contributed by atoms with Gasteiger partial charge in [-0.2, -0.15) is 0 Å². The van der Waals surface area contributed by atoms with E-state index in [9.17, 15) is 0 Å². The maximum atomic E-state index is 5.56. The van der Waals surface area contributed by atoms with Gasteiger partial charge >= 0.3 is 0 Å². The van der Waals surface area contributed by atoms with Gasteiger partial charge in [-0.3, -0.25) is 0 Å². The second-order valence-electron chi connectivity index (χ2n) is 1.84. The molecule has 56 valence electrons. The number of aromatic nitrogens is 1. The molecule has 0 atom stereocenters. The molecule has 1 nitrogen and oxygen atoms in total. The lowest BCUT2D eigenvalue weighted by Gasteiger charge is -1.92. The summed E-state index contributed by atoms with van der Waals surface area (Å²) in [5, 5.41) is 0.562. The molecular formula is C7H9Cl2N. The molecule has 0 aliphatic carbocycles. The van der Waals surface area contributed by atoms with Gasteiger partial charge in [0.05, 0.1) is 0 Å². The summed E-state index contributed by atoms with van der Waals surface area (Å²) in [6, 6.07) is 3.79. The standard InChI is InChI=1S/C7H8ClN.ClH/c1-2-6-3-4-7(8)9-5-6;/h3-5H,2H2,1H3;1H. The quantitative estimate of drug-likeness (QED) is 0.602. The highest BCUT2D eigenvalue weighted by atomic mass is 35.5. The lowest BCUT2D eigenvalue weighted by Crippen LogP contribution is -1.80. The van der Waals surface area contributed by atoms with Crippen molar-refractivity contribution in [3.05, 3.63) is 29.0 Å². The van der Waals surface area contributed by atoms with E-state index in [1.807, 2.05) is 6.07 Å². The first-order chi connectivity index (χ1) is 4.33. The Hall–Kier alpha value is -0.270. The van der Waals surface area contributed by atoms with Crippen molar-refractivity contribution < 1.29 is 0 Å². The molecule has 0 amide bonds. The number of rotatable bonds is 1. The van der Waals surface area contributed by atoms with Gasteiger partial charge in [0.1, 0.15) is 5.15 Å². The highest BCUT2D eigenvalue weighted by Gasteiger charge is 1.87. The predicted molar refractivity (Wildman–Crippen MR) is 45.9 cm³/mol. The lowest BCUT2D eigenvalue weighted by molar-refractivity contribution is 1.10. The first kappa shape index (κ1) is 9.73. The minimum atomic E-state index is 0. The summed E-state index contributed by atoms with van der Waals surface area (Å²) >= 11 is 5.56. The van der Waals surface area contributed by atoms with Crippen LogP contribution in [0.4, 0.5) is 0 Å². The second-order valence-corrected chi connectivity index (χ2v) is 2.23. The van der Waals surface area contributed by atoms with Gasteiger partial charge in [-0.25, -0.2) is 4.98 Å². The Morgan fingerprint density at radius 1 is 1.50 bits per heavy atom. The third kappa shape index (κ3) is 2.54. The van der Waals surface area contributed by atoms with Crippen LogP contribution in [0, 0.1) is 0 Å². The molecule has 0 N–H and O–H groups in total. The Bertz CT molecular complexity index is 183. The molecule has 1 aromatic rings. The van der Waals surface area contributed by atoms with Gasteiger partial charge in [-0.05, 0) is 18.1 Å². The van der Waals surface area contributed by atoms with Crippen molar-refractivity contribution in [2.75, 3.05) is 0 Å². The van der Waals surface area contributed by atoms with Crippen LogP contribution < -0.4 is 0 Å². The van der Waals surface area contributed by atoms with E-state index in [-0.39, 0.29) is 12.4 Å². The Balaban J connectivity index is 0.000000810. The summed E-state index contributed by atoms with van der Waals surface area (Å²) in [5.74, 6) is 0. The van der Waals surface area contributed by atoms with Gasteiger partial charge in [-0.1, -0.05) is 24.6 Å². The Morgan fingerprint density at radius 2 is 2.20 bits per heavy atom. The van der Waals surface area contributed by atoms with Crippen LogP contribution in [-0.4, -0.2) is 4.98 Å². The number of nitrogens with zero attached hydrogens (tertiary/aromatic N) is 1. The largest absolute Gasteiger partial charge is 0.244 e. The van der Waals surface area contributed by atoms with Crippen LogP contribution in [0.3, 0.4) is 0 Å². The molecular weight excluding hydrogens is 169 g/mol. The molecule has 0 bridgehead atoms. The monoisotopic (exact) mass is 177 g/mol. The van der Waals surface area contributed by atoms with E-state index in [1.54, 1.807) is 12.3 Å². The molecule has 0 saturated heterocycles. The van der Waals surface area contributed by atoms with Crippen molar-refractivity contribution in [3.8, 4) is 0 Å². The van der Waals surface area contributed by atoms with Crippen molar-refractivity contribution in [2.45, 2.75) is 13.3 Å². The minimum absolute atomic E-state index is 0. The molecule has 0 fully saturated rings. The molecule has 0 spiro atoms. The van der Waals surface area contributed by atoms with Crippen molar-refractivity contribution in [2.24, 2.45) is 0 Å². The second kappa shape index (κ2) is 4.53. The third-order valence-electron chi connectivity index (χ3n) is 1.20. The number of hydrogen-bond donors (Lipinski definition) is 0. The molecule has 0 aliphatic rings.